The Kier molecular flexibility index (Phi) is 4.43. The van der Waals surface area contributed by atoms with Crippen molar-refractivity contribution in [2.45, 2.75) is 46.0 Å². The molecule has 0 N–H and O–H groups in total. The van der Waals surface area contributed by atoms with Gasteiger partial charge in [0.25, 0.3) is 0 Å². The molecular formula is C12H22O2. The second-order valence-corrected chi connectivity index (χ2v) is 4.81. The van der Waals surface area contributed by atoms with E-state index in [4.69, 9.17) is 0 Å². The van der Waals surface area contributed by atoms with E-state index in [1.165, 1.54) is 32.8 Å². The van der Waals surface area contributed by atoms with Crippen LogP contribution < -0.4 is 0 Å². The minimum atomic E-state index is -0.0435. The van der Waals surface area contributed by atoms with Crippen LogP contribution in [0.4, 0.5) is 0 Å². The third kappa shape index (κ3) is 3.32. The van der Waals surface area contributed by atoms with Crippen molar-refractivity contribution in [1.82, 2.24) is 0 Å². The third-order valence-corrected chi connectivity index (χ3v) is 3.52. The molecule has 14 heavy (non-hydrogen) atoms. The molecule has 1 rings (SSSR count). The van der Waals surface area contributed by atoms with E-state index in [-0.39, 0.29) is 5.97 Å². The van der Waals surface area contributed by atoms with Crippen molar-refractivity contribution < 1.29 is 9.53 Å². The van der Waals surface area contributed by atoms with Crippen LogP contribution in [0.25, 0.3) is 0 Å². The fourth-order valence-electron chi connectivity index (χ4n) is 2.38. The number of carbonyl (C=O) groups is 1. The maximum absolute atomic E-state index is 11.1. The Morgan fingerprint density at radius 3 is 2.29 bits per heavy atom. The van der Waals surface area contributed by atoms with Gasteiger partial charge < -0.3 is 4.74 Å². The zero-order chi connectivity index (χ0) is 10.6. The van der Waals surface area contributed by atoms with Crippen LogP contribution >= 0.6 is 0 Å². The van der Waals surface area contributed by atoms with E-state index < -0.39 is 0 Å². The molecule has 1 fully saturated rings. The first-order chi connectivity index (χ1) is 6.63. The molecule has 0 aliphatic heterocycles. The highest BCUT2D eigenvalue weighted by molar-refractivity contribution is 5.69. The highest BCUT2D eigenvalue weighted by atomic mass is 16.5. The van der Waals surface area contributed by atoms with E-state index in [9.17, 15) is 4.79 Å². The van der Waals surface area contributed by atoms with Crippen molar-refractivity contribution in [3.63, 3.8) is 0 Å². The first-order valence-corrected chi connectivity index (χ1v) is 5.70. The molecule has 0 radical (unpaired) electrons. The van der Waals surface area contributed by atoms with Crippen LogP contribution in [0.1, 0.15) is 46.0 Å². The second-order valence-electron chi connectivity index (χ2n) is 4.81. The van der Waals surface area contributed by atoms with Crippen molar-refractivity contribution in [1.29, 1.82) is 0 Å². The number of methoxy groups -OCH3 is 1. The van der Waals surface area contributed by atoms with Gasteiger partial charge in [0.2, 0.25) is 0 Å². The molecule has 2 nitrogen and oxygen atoms in total. The Labute approximate surface area is 87.0 Å². The number of hydrogen-bond donors (Lipinski definition) is 0. The van der Waals surface area contributed by atoms with Gasteiger partial charge in [-0.2, -0.15) is 0 Å². The lowest BCUT2D eigenvalue weighted by Gasteiger charge is -2.30. The monoisotopic (exact) mass is 198 g/mol. The van der Waals surface area contributed by atoms with Crippen LogP contribution in [-0.4, -0.2) is 13.1 Å². The van der Waals surface area contributed by atoms with Crippen LogP contribution in [0.3, 0.4) is 0 Å². The summed E-state index contributed by atoms with van der Waals surface area (Å²) in [7, 11) is 1.47. The van der Waals surface area contributed by atoms with Crippen LogP contribution in [0.5, 0.6) is 0 Å². The molecule has 0 unspecified atom stereocenters. The fraction of sp³-hybridized carbons (Fsp3) is 0.917. The first-order valence-electron chi connectivity index (χ1n) is 5.70. The third-order valence-electron chi connectivity index (χ3n) is 3.52. The summed E-state index contributed by atoms with van der Waals surface area (Å²) in [4.78, 5) is 11.1. The maximum atomic E-state index is 11.1. The molecule has 0 aromatic heterocycles. The van der Waals surface area contributed by atoms with Crippen LogP contribution in [-0.2, 0) is 9.53 Å². The summed E-state index contributed by atoms with van der Waals surface area (Å²) in [5.41, 5.74) is 0. The van der Waals surface area contributed by atoms with Gasteiger partial charge in [-0.05, 0) is 43.4 Å². The summed E-state index contributed by atoms with van der Waals surface area (Å²) >= 11 is 0. The average molecular weight is 198 g/mol. The smallest absolute Gasteiger partial charge is 0.305 e. The largest absolute Gasteiger partial charge is 0.469 e. The van der Waals surface area contributed by atoms with Gasteiger partial charge in [-0.1, -0.05) is 13.8 Å². The van der Waals surface area contributed by atoms with Gasteiger partial charge in [0.05, 0.1) is 7.11 Å². The SMILES string of the molecule is COC(=O)CC1CCC(C(C)C)CC1. The molecule has 1 saturated carbocycles. The molecule has 82 valence electrons. The maximum Gasteiger partial charge on any atom is 0.305 e. The van der Waals surface area contributed by atoms with E-state index in [0.717, 1.165) is 11.8 Å². The van der Waals surface area contributed by atoms with E-state index in [2.05, 4.69) is 18.6 Å². The van der Waals surface area contributed by atoms with E-state index in [0.29, 0.717) is 12.3 Å². The molecule has 0 heterocycles. The van der Waals surface area contributed by atoms with Crippen LogP contribution in [0.2, 0.25) is 0 Å². The first kappa shape index (κ1) is 11.5. The van der Waals surface area contributed by atoms with Crippen LogP contribution in [0.15, 0.2) is 0 Å². The molecule has 0 aromatic carbocycles. The van der Waals surface area contributed by atoms with Crippen molar-refractivity contribution in [2.75, 3.05) is 7.11 Å². The molecule has 0 bridgehead atoms. The number of carbonyl (C=O) groups excluding carboxylic acids is 1. The number of ether oxygens (including phenoxy) is 1. The summed E-state index contributed by atoms with van der Waals surface area (Å²) in [6, 6.07) is 0. The van der Waals surface area contributed by atoms with Gasteiger partial charge in [0.15, 0.2) is 0 Å². The quantitative estimate of drug-likeness (QED) is 0.652. The Morgan fingerprint density at radius 2 is 1.86 bits per heavy atom. The Bertz CT molecular complexity index is 179. The summed E-state index contributed by atoms with van der Waals surface area (Å²) in [5.74, 6) is 2.22. The molecule has 1 aliphatic rings. The van der Waals surface area contributed by atoms with Crippen molar-refractivity contribution in [3.05, 3.63) is 0 Å². The van der Waals surface area contributed by atoms with Gasteiger partial charge in [-0.15, -0.1) is 0 Å². The predicted molar refractivity (Wildman–Crippen MR) is 56.9 cm³/mol. The van der Waals surface area contributed by atoms with Gasteiger partial charge in [-0.3, -0.25) is 4.79 Å². The molecular weight excluding hydrogens is 176 g/mol. The Balaban J connectivity index is 2.25. The molecule has 0 atom stereocenters. The normalized spacial score (nSPS) is 27.7. The highest BCUT2D eigenvalue weighted by Gasteiger charge is 2.24. The zero-order valence-electron chi connectivity index (χ0n) is 9.58. The minimum absolute atomic E-state index is 0.0435. The number of rotatable bonds is 3. The summed E-state index contributed by atoms with van der Waals surface area (Å²) in [6.45, 7) is 4.59. The van der Waals surface area contributed by atoms with Crippen molar-refractivity contribution >= 4 is 5.97 Å². The molecule has 0 spiro atoms. The van der Waals surface area contributed by atoms with Gasteiger partial charge in [0.1, 0.15) is 0 Å². The molecule has 0 aromatic rings. The lowest BCUT2D eigenvalue weighted by atomic mass is 9.76. The average Bonchev–Trinajstić information content (AvgIpc) is 2.18. The lowest BCUT2D eigenvalue weighted by Crippen LogP contribution is -2.20. The topological polar surface area (TPSA) is 26.3 Å². The Hall–Kier alpha value is -0.530. The van der Waals surface area contributed by atoms with E-state index in [1.807, 2.05) is 0 Å². The summed E-state index contributed by atoms with van der Waals surface area (Å²) < 4.78 is 4.69. The Morgan fingerprint density at radius 1 is 1.29 bits per heavy atom. The van der Waals surface area contributed by atoms with Crippen LogP contribution in [0, 0.1) is 17.8 Å². The van der Waals surface area contributed by atoms with Gasteiger partial charge >= 0.3 is 5.97 Å². The fourth-order valence-corrected chi connectivity index (χ4v) is 2.38. The predicted octanol–water partition coefficient (Wildman–Crippen LogP) is 3.01. The van der Waals surface area contributed by atoms with Gasteiger partial charge in [-0.25, -0.2) is 0 Å². The molecule has 0 saturated heterocycles. The lowest BCUT2D eigenvalue weighted by molar-refractivity contribution is -0.142. The molecule has 1 aliphatic carbocycles. The standard InChI is InChI=1S/C12H22O2/c1-9(2)11-6-4-10(5-7-11)8-12(13)14-3/h9-11H,4-8H2,1-3H3. The summed E-state index contributed by atoms with van der Waals surface area (Å²) in [6.07, 6.45) is 5.62. The van der Waals surface area contributed by atoms with Crippen molar-refractivity contribution in [2.24, 2.45) is 17.8 Å². The zero-order valence-corrected chi connectivity index (χ0v) is 9.58. The number of esters is 1. The van der Waals surface area contributed by atoms with Gasteiger partial charge in [0, 0.05) is 6.42 Å². The highest BCUT2D eigenvalue weighted by Crippen LogP contribution is 2.34. The molecule has 0 amide bonds. The summed E-state index contributed by atoms with van der Waals surface area (Å²) in [5, 5.41) is 0. The molecule has 2 heteroatoms. The number of hydrogen-bond acceptors (Lipinski definition) is 2. The van der Waals surface area contributed by atoms with E-state index in [1.54, 1.807) is 0 Å². The van der Waals surface area contributed by atoms with Crippen molar-refractivity contribution in [3.8, 4) is 0 Å². The minimum Gasteiger partial charge on any atom is -0.469 e. The second kappa shape index (κ2) is 5.38. The van der Waals surface area contributed by atoms with E-state index >= 15 is 0 Å².